The van der Waals surface area contributed by atoms with E-state index in [-0.39, 0.29) is 29.7 Å². The standard InChI is InChI=1S/C21H15ClN2O/c1-11-3-2-4-12-5-8-17-16(10-23)18-14-7-6-13(22)9-15(14)21(25)20(18)24(17)19(11)12/h2-9,16-18,20H,1H3/t16-,17+,18+,20-/m0/s1. The first-order valence-corrected chi connectivity index (χ1v) is 8.79. The lowest BCUT2D eigenvalue weighted by Crippen LogP contribution is -2.42. The monoisotopic (exact) mass is 346 g/mol. The summed E-state index contributed by atoms with van der Waals surface area (Å²) >= 11 is 6.12. The zero-order valence-corrected chi connectivity index (χ0v) is 14.4. The van der Waals surface area contributed by atoms with Crippen LogP contribution in [0.15, 0.2) is 42.5 Å². The number of nitriles is 1. The van der Waals surface area contributed by atoms with Crippen molar-refractivity contribution < 1.29 is 4.79 Å². The Balaban J connectivity index is 1.76. The van der Waals surface area contributed by atoms with Crippen LogP contribution in [-0.4, -0.2) is 17.9 Å². The number of anilines is 1. The third-order valence-electron chi connectivity index (χ3n) is 5.77. The molecular formula is C21H15ClN2O. The first-order valence-electron chi connectivity index (χ1n) is 8.41. The lowest BCUT2D eigenvalue weighted by Gasteiger charge is -2.35. The fourth-order valence-corrected chi connectivity index (χ4v) is 4.99. The second-order valence-corrected chi connectivity index (χ2v) is 7.43. The molecule has 0 bridgehead atoms. The molecule has 2 aromatic carbocycles. The van der Waals surface area contributed by atoms with Gasteiger partial charge in [0.15, 0.2) is 5.78 Å². The number of para-hydroxylation sites is 1. The van der Waals surface area contributed by atoms with Crippen LogP contribution in [0.25, 0.3) is 6.08 Å². The molecule has 0 saturated carbocycles. The number of ketones is 1. The number of carbonyl (C=O) groups excluding carboxylic acids is 1. The van der Waals surface area contributed by atoms with Gasteiger partial charge in [-0.2, -0.15) is 5.26 Å². The van der Waals surface area contributed by atoms with Crippen molar-refractivity contribution in [1.29, 1.82) is 5.26 Å². The minimum Gasteiger partial charge on any atom is -0.352 e. The van der Waals surface area contributed by atoms with E-state index >= 15 is 0 Å². The minimum atomic E-state index is -0.326. The Hall–Kier alpha value is -2.57. The molecule has 25 heavy (non-hydrogen) atoms. The Kier molecular flexibility index (Phi) is 2.93. The molecule has 2 heterocycles. The summed E-state index contributed by atoms with van der Waals surface area (Å²) in [6.45, 7) is 2.06. The zero-order chi connectivity index (χ0) is 17.3. The lowest BCUT2D eigenvalue weighted by molar-refractivity contribution is 0.0970. The number of fused-ring (bicyclic) bond motifs is 7. The van der Waals surface area contributed by atoms with Gasteiger partial charge in [0.05, 0.1) is 18.0 Å². The molecule has 2 aliphatic heterocycles. The second kappa shape index (κ2) is 4.97. The molecule has 0 radical (unpaired) electrons. The van der Waals surface area contributed by atoms with Gasteiger partial charge in [0, 0.05) is 22.2 Å². The van der Waals surface area contributed by atoms with Crippen LogP contribution in [0.1, 0.15) is 33.0 Å². The van der Waals surface area contributed by atoms with E-state index in [2.05, 4.69) is 42.2 Å². The highest BCUT2D eigenvalue weighted by molar-refractivity contribution is 6.31. The van der Waals surface area contributed by atoms with E-state index in [0.29, 0.717) is 10.6 Å². The van der Waals surface area contributed by atoms with Crippen LogP contribution in [0.2, 0.25) is 5.02 Å². The van der Waals surface area contributed by atoms with Crippen molar-refractivity contribution in [2.24, 2.45) is 5.92 Å². The highest BCUT2D eigenvalue weighted by atomic mass is 35.5. The third-order valence-corrected chi connectivity index (χ3v) is 6.01. The van der Waals surface area contributed by atoms with Gasteiger partial charge in [-0.05, 0) is 35.7 Å². The fourth-order valence-electron chi connectivity index (χ4n) is 4.81. The molecule has 4 atom stereocenters. The molecule has 1 saturated heterocycles. The van der Waals surface area contributed by atoms with Crippen molar-refractivity contribution >= 4 is 29.1 Å². The quantitative estimate of drug-likeness (QED) is 0.712. The summed E-state index contributed by atoms with van der Waals surface area (Å²) in [5.41, 5.74) is 4.95. The average molecular weight is 347 g/mol. The maximum absolute atomic E-state index is 13.2. The maximum Gasteiger partial charge on any atom is 0.186 e. The molecule has 122 valence electrons. The summed E-state index contributed by atoms with van der Waals surface area (Å²) in [6, 6.07) is 13.7. The van der Waals surface area contributed by atoms with Gasteiger partial charge in [0.2, 0.25) is 0 Å². The van der Waals surface area contributed by atoms with E-state index in [1.807, 2.05) is 18.2 Å². The summed E-state index contributed by atoms with van der Waals surface area (Å²) in [5, 5.41) is 10.5. The molecule has 0 spiro atoms. The number of Topliss-reactive ketones (excluding diaryl/α,β-unsaturated/α-hetero) is 1. The van der Waals surface area contributed by atoms with Crippen LogP contribution in [0.3, 0.4) is 0 Å². The second-order valence-electron chi connectivity index (χ2n) is 6.99. The van der Waals surface area contributed by atoms with E-state index < -0.39 is 0 Å². The number of carbonyl (C=O) groups is 1. The average Bonchev–Trinajstić information content (AvgIpc) is 3.08. The van der Waals surface area contributed by atoms with Crippen molar-refractivity contribution in [3.8, 4) is 6.07 Å². The predicted octanol–water partition coefficient (Wildman–Crippen LogP) is 4.35. The fraction of sp³-hybridized carbons (Fsp3) is 0.238. The van der Waals surface area contributed by atoms with E-state index in [1.165, 1.54) is 0 Å². The summed E-state index contributed by atoms with van der Waals surface area (Å²) in [6.07, 6.45) is 4.17. The Morgan fingerprint density at radius 2 is 2.08 bits per heavy atom. The van der Waals surface area contributed by atoms with Crippen molar-refractivity contribution in [3.05, 3.63) is 69.8 Å². The molecule has 0 aromatic heterocycles. The molecule has 5 rings (SSSR count). The topological polar surface area (TPSA) is 44.1 Å². The molecule has 1 aliphatic carbocycles. The lowest BCUT2D eigenvalue weighted by atomic mass is 9.85. The van der Waals surface area contributed by atoms with Crippen LogP contribution in [0.4, 0.5) is 5.69 Å². The van der Waals surface area contributed by atoms with Crippen molar-refractivity contribution in [1.82, 2.24) is 0 Å². The molecule has 0 N–H and O–H groups in total. The van der Waals surface area contributed by atoms with Crippen molar-refractivity contribution in [2.75, 3.05) is 4.90 Å². The van der Waals surface area contributed by atoms with Crippen LogP contribution >= 0.6 is 11.6 Å². The van der Waals surface area contributed by atoms with Crippen LogP contribution in [0, 0.1) is 24.2 Å². The number of benzene rings is 2. The maximum atomic E-state index is 13.2. The van der Waals surface area contributed by atoms with Crippen molar-refractivity contribution in [3.63, 3.8) is 0 Å². The number of nitrogens with zero attached hydrogens (tertiary/aromatic N) is 2. The Bertz CT molecular complexity index is 1000. The summed E-state index contributed by atoms with van der Waals surface area (Å²) in [4.78, 5) is 15.4. The molecule has 0 unspecified atom stereocenters. The highest BCUT2D eigenvalue weighted by Crippen LogP contribution is 2.53. The molecule has 1 fully saturated rings. The van der Waals surface area contributed by atoms with E-state index in [4.69, 9.17) is 11.6 Å². The van der Waals surface area contributed by atoms with Crippen LogP contribution in [-0.2, 0) is 0 Å². The van der Waals surface area contributed by atoms with Crippen LogP contribution in [0.5, 0.6) is 0 Å². The minimum absolute atomic E-state index is 0.0682. The summed E-state index contributed by atoms with van der Waals surface area (Å²) < 4.78 is 0. The SMILES string of the molecule is Cc1cccc2c1N1[C@H](C=C2)[C@H](C#N)[C@H]2c3ccc(Cl)cc3C(=O)[C@H]21. The van der Waals surface area contributed by atoms with Gasteiger partial charge in [-0.25, -0.2) is 0 Å². The van der Waals surface area contributed by atoms with E-state index in [1.54, 1.807) is 6.07 Å². The number of hydrogen-bond acceptors (Lipinski definition) is 3. The summed E-state index contributed by atoms with van der Waals surface area (Å²) in [5.74, 6) is -0.278. The normalized spacial score (nSPS) is 28.2. The number of halogens is 1. The predicted molar refractivity (Wildman–Crippen MR) is 97.9 cm³/mol. The summed E-state index contributed by atoms with van der Waals surface area (Å²) in [7, 11) is 0. The van der Waals surface area contributed by atoms with Gasteiger partial charge in [-0.3, -0.25) is 4.79 Å². The molecule has 4 heteroatoms. The Morgan fingerprint density at radius 3 is 2.88 bits per heavy atom. The highest BCUT2D eigenvalue weighted by Gasteiger charge is 2.57. The molecule has 3 nitrogen and oxygen atoms in total. The zero-order valence-electron chi connectivity index (χ0n) is 13.6. The first kappa shape index (κ1) is 14.7. The molecular weight excluding hydrogens is 332 g/mol. The van der Waals surface area contributed by atoms with Gasteiger partial charge >= 0.3 is 0 Å². The largest absolute Gasteiger partial charge is 0.352 e. The van der Waals surface area contributed by atoms with Gasteiger partial charge in [-0.1, -0.05) is 48.0 Å². The van der Waals surface area contributed by atoms with Crippen molar-refractivity contribution in [2.45, 2.75) is 24.9 Å². The number of hydrogen-bond donors (Lipinski definition) is 0. The van der Waals surface area contributed by atoms with Gasteiger partial charge in [0.1, 0.15) is 6.04 Å². The molecule has 0 amide bonds. The van der Waals surface area contributed by atoms with E-state index in [9.17, 15) is 10.1 Å². The first-order chi connectivity index (χ1) is 12.1. The van der Waals surface area contributed by atoms with Gasteiger partial charge in [0.25, 0.3) is 0 Å². The van der Waals surface area contributed by atoms with Gasteiger partial charge in [-0.15, -0.1) is 0 Å². The number of rotatable bonds is 0. The third kappa shape index (κ3) is 1.78. The smallest absolute Gasteiger partial charge is 0.186 e. The van der Waals surface area contributed by atoms with Gasteiger partial charge < -0.3 is 4.90 Å². The molecule has 2 aromatic rings. The molecule has 3 aliphatic rings. The van der Waals surface area contributed by atoms with E-state index in [0.717, 1.165) is 22.4 Å². The van der Waals surface area contributed by atoms with Crippen LogP contribution < -0.4 is 4.90 Å². The Labute approximate surface area is 151 Å². The Morgan fingerprint density at radius 1 is 1.24 bits per heavy atom. The number of aryl methyl sites for hydroxylation is 1.